The van der Waals surface area contributed by atoms with Crippen LogP contribution in [0.25, 0.3) is 0 Å². The van der Waals surface area contributed by atoms with Gasteiger partial charge in [0.2, 0.25) is 5.95 Å². The minimum Gasteiger partial charge on any atom is -0.360 e. The molecule has 130 valence electrons. The molecule has 9 heteroatoms. The molecule has 1 N–H and O–H groups in total. The highest BCUT2D eigenvalue weighted by Gasteiger charge is 2.26. The summed E-state index contributed by atoms with van der Waals surface area (Å²) in [4.78, 5) is 11.1. The third-order valence-corrected chi connectivity index (χ3v) is 5.71. The minimum absolute atomic E-state index is 0.0601. The average molecular weight is 351 g/mol. The van der Waals surface area contributed by atoms with Gasteiger partial charge in [0.15, 0.2) is 10.7 Å². The number of nitrogens with one attached hydrogen (secondary N) is 1. The topological polar surface area (TPSA) is 101 Å². The molecule has 0 unspecified atom stereocenters. The summed E-state index contributed by atoms with van der Waals surface area (Å²) in [7, 11) is -3.81. The van der Waals surface area contributed by atoms with Crippen LogP contribution >= 0.6 is 0 Å². The molecule has 0 bridgehead atoms. The first-order chi connectivity index (χ1) is 11.3. The molecule has 0 aliphatic carbocycles. The Morgan fingerprint density at radius 2 is 1.58 bits per heavy atom. The molecule has 1 fully saturated rings. The number of aryl methyl sites for hydroxylation is 4. The summed E-state index contributed by atoms with van der Waals surface area (Å²) in [6, 6.07) is 0. The Morgan fingerprint density at radius 3 is 2.08 bits per heavy atom. The van der Waals surface area contributed by atoms with E-state index in [0.29, 0.717) is 28.7 Å². The van der Waals surface area contributed by atoms with Crippen LogP contribution in [0.15, 0.2) is 9.42 Å². The highest BCUT2D eigenvalue weighted by atomic mass is 32.2. The first-order valence-electron chi connectivity index (χ1n) is 7.85. The van der Waals surface area contributed by atoms with Gasteiger partial charge in [-0.15, -0.1) is 0 Å². The number of rotatable bonds is 4. The van der Waals surface area contributed by atoms with Gasteiger partial charge in [-0.3, -0.25) is 4.72 Å². The Kier molecular flexibility index (Phi) is 4.20. The first kappa shape index (κ1) is 16.7. The van der Waals surface area contributed by atoms with Gasteiger partial charge in [0.25, 0.3) is 10.0 Å². The lowest BCUT2D eigenvalue weighted by atomic mass is 10.3. The summed E-state index contributed by atoms with van der Waals surface area (Å²) in [5.41, 5.74) is 1.92. The van der Waals surface area contributed by atoms with Crippen LogP contribution in [0.1, 0.15) is 35.7 Å². The van der Waals surface area contributed by atoms with Crippen molar-refractivity contribution in [2.24, 2.45) is 0 Å². The van der Waals surface area contributed by atoms with Crippen molar-refractivity contribution in [2.75, 3.05) is 22.7 Å². The predicted molar refractivity (Wildman–Crippen MR) is 89.7 cm³/mol. The lowest BCUT2D eigenvalue weighted by molar-refractivity contribution is 0.390. The van der Waals surface area contributed by atoms with Gasteiger partial charge in [-0.2, -0.15) is 0 Å². The van der Waals surface area contributed by atoms with Gasteiger partial charge in [0.1, 0.15) is 5.69 Å². The van der Waals surface area contributed by atoms with Crippen LogP contribution in [0, 0.1) is 27.7 Å². The van der Waals surface area contributed by atoms with Crippen molar-refractivity contribution in [3.63, 3.8) is 0 Å². The number of hydrogen-bond donors (Lipinski definition) is 1. The first-order valence-corrected chi connectivity index (χ1v) is 9.34. The van der Waals surface area contributed by atoms with Crippen molar-refractivity contribution in [1.29, 1.82) is 0 Å². The summed E-state index contributed by atoms with van der Waals surface area (Å²) < 4.78 is 32.9. The molecule has 0 amide bonds. The van der Waals surface area contributed by atoms with Gasteiger partial charge in [-0.25, -0.2) is 18.4 Å². The van der Waals surface area contributed by atoms with E-state index in [0.717, 1.165) is 25.9 Å². The largest absolute Gasteiger partial charge is 0.360 e. The second-order valence-electron chi connectivity index (χ2n) is 6.02. The van der Waals surface area contributed by atoms with Gasteiger partial charge in [-0.05, 0) is 40.5 Å². The molecule has 1 saturated heterocycles. The predicted octanol–water partition coefficient (Wildman–Crippen LogP) is 2.10. The molecule has 3 rings (SSSR count). The highest BCUT2D eigenvalue weighted by molar-refractivity contribution is 7.92. The molecule has 3 heterocycles. The molecule has 0 spiro atoms. The fourth-order valence-corrected chi connectivity index (χ4v) is 4.46. The van der Waals surface area contributed by atoms with E-state index in [1.165, 1.54) is 0 Å². The van der Waals surface area contributed by atoms with Gasteiger partial charge >= 0.3 is 0 Å². The quantitative estimate of drug-likeness (QED) is 0.900. The van der Waals surface area contributed by atoms with E-state index in [1.54, 1.807) is 27.7 Å². The number of sulfonamides is 1. The highest BCUT2D eigenvalue weighted by Crippen LogP contribution is 2.27. The zero-order chi connectivity index (χ0) is 17.5. The maximum atomic E-state index is 12.7. The fourth-order valence-electron chi connectivity index (χ4n) is 2.95. The zero-order valence-electron chi connectivity index (χ0n) is 14.3. The maximum Gasteiger partial charge on any atom is 0.267 e. The standard InChI is InChI=1S/C15H21N5O3S/c1-9-13(10(2)17-15(16-9)20-7-5-6-8-20)19-24(21,22)14-11(3)18-23-12(14)4/h19H,5-8H2,1-4H3. The lowest BCUT2D eigenvalue weighted by Crippen LogP contribution is -2.23. The molecule has 24 heavy (non-hydrogen) atoms. The summed E-state index contributed by atoms with van der Waals surface area (Å²) >= 11 is 0. The smallest absolute Gasteiger partial charge is 0.267 e. The summed E-state index contributed by atoms with van der Waals surface area (Å²) in [5.74, 6) is 0.910. The number of anilines is 2. The van der Waals surface area contributed by atoms with Gasteiger partial charge in [0.05, 0.1) is 17.1 Å². The average Bonchev–Trinajstić information content (AvgIpc) is 3.13. The monoisotopic (exact) mass is 351 g/mol. The molecule has 1 aliphatic rings. The van der Waals surface area contributed by atoms with E-state index in [2.05, 4.69) is 24.7 Å². The van der Waals surface area contributed by atoms with Crippen LogP contribution in [-0.2, 0) is 10.0 Å². The Hall–Kier alpha value is -2.16. The van der Waals surface area contributed by atoms with Gasteiger partial charge in [-0.1, -0.05) is 5.16 Å². The van der Waals surface area contributed by atoms with Crippen molar-refractivity contribution in [1.82, 2.24) is 15.1 Å². The van der Waals surface area contributed by atoms with Crippen LogP contribution in [0.2, 0.25) is 0 Å². The zero-order valence-corrected chi connectivity index (χ0v) is 15.1. The van der Waals surface area contributed by atoms with Crippen LogP contribution < -0.4 is 9.62 Å². The van der Waals surface area contributed by atoms with Crippen LogP contribution in [0.4, 0.5) is 11.6 Å². The van der Waals surface area contributed by atoms with E-state index < -0.39 is 10.0 Å². The van der Waals surface area contributed by atoms with E-state index in [9.17, 15) is 8.42 Å². The second-order valence-corrected chi connectivity index (χ2v) is 7.64. The molecule has 2 aromatic rings. The maximum absolute atomic E-state index is 12.7. The fraction of sp³-hybridized carbons (Fsp3) is 0.533. The molecule has 0 radical (unpaired) electrons. The van der Waals surface area contributed by atoms with E-state index in [-0.39, 0.29) is 10.7 Å². The Labute approximate surface area is 141 Å². The van der Waals surface area contributed by atoms with Gasteiger partial charge < -0.3 is 9.42 Å². The van der Waals surface area contributed by atoms with Crippen molar-refractivity contribution in [3.8, 4) is 0 Å². The molecule has 8 nitrogen and oxygen atoms in total. The molecule has 0 saturated carbocycles. The molecule has 0 atom stereocenters. The number of aromatic nitrogens is 3. The van der Waals surface area contributed by atoms with E-state index in [1.807, 2.05) is 0 Å². The van der Waals surface area contributed by atoms with Crippen LogP contribution in [0.3, 0.4) is 0 Å². The Morgan fingerprint density at radius 1 is 1.00 bits per heavy atom. The summed E-state index contributed by atoms with van der Waals surface area (Å²) in [5, 5.41) is 3.70. The van der Waals surface area contributed by atoms with E-state index >= 15 is 0 Å². The third kappa shape index (κ3) is 2.95. The Balaban J connectivity index is 1.95. The van der Waals surface area contributed by atoms with Crippen molar-refractivity contribution in [3.05, 3.63) is 22.8 Å². The second kappa shape index (κ2) is 6.04. The summed E-state index contributed by atoms with van der Waals surface area (Å²) in [6.45, 7) is 8.59. The SMILES string of the molecule is Cc1nc(N2CCCC2)nc(C)c1NS(=O)(=O)c1c(C)noc1C. The van der Waals surface area contributed by atoms with Crippen LogP contribution in [-0.4, -0.2) is 36.6 Å². The van der Waals surface area contributed by atoms with E-state index in [4.69, 9.17) is 4.52 Å². The lowest BCUT2D eigenvalue weighted by Gasteiger charge is -2.18. The number of hydrogen-bond acceptors (Lipinski definition) is 7. The molecule has 0 aromatic carbocycles. The number of nitrogens with zero attached hydrogens (tertiary/aromatic N) is 4. The van der Waals surface area contributed by atoms with Crippen molar-refractivity contribution in [2.45, 2.75) is 45.4 Å². The molecular formula is C15H21N5O3S. The molecule has 2 aromatic heterocycles. The molecule has 1 aliphatic heterocycles. The normalized spacial score (nSPS) is 15.1. The van der Waals surface area contributed by atoms with Crippen LogP contribution in [0.5, 0.6) is 0 Å². The minimum atomic E-state index is -3.81. The molecular weight excluding hydrogens is 330 g/mol. The Bertz CT molecular complexity index is 827. The summed E-state index contributed by atoms with van der Waals surface area (Å²) in [6.07, 6.45) is 2.25. The third-order valence-electron chi connectivity index (χ3n) is 4.12. The van der Waals surface area contributed by atoms with Crippen molar-refractivity contribution >= 4 is 21.7 Å². The van der Waals surface area contributed by atoms with Crippen molar-refractivity contribution < 1.29 is 12.9 Å². The van der Waals surface area contributed by atoms with Gasteiger partial charge in [0, 0.05) is 13.1 Å².